The van der Waals surface area contributed by atoms with Gasteiger partial charge in [0.25, 0.3) is 5.91 Å². The number of hydrogen-bond acceptors (Lipinski definition) is 6. The average molecular weight is 425 g/mol. The molecule has 164 valence electrons. The molecule has 0 N–H and O–H groups in total. The number of benzene rings is 2. The van der Waals surface area contributed by atoms with Crippen LogP contribution < -0.4 is 14.2 Å². The van der Waals surface area contributed by atoms with E-state index in [-0.39, 0.29) is 12.5 Å². The molecule has 0 unspecified atom stereocenters. The van der Waals surface area contributed by atoms with Crippen LogP contribution in [0, 0.1) is 0 Å². The number of amides is 1. The van der Waals surface area contributed by atoms with Gasteiger partial charge >= 0.3 is 5.97 Å². The molecule has 0 bridgehead atoms. The van der Waals surface area contributed by atoms with E-state index in [4.69, 9.17) is 18.9 Å². The zero-order valence-corrected chi connectivity index (χ0v) is 18.1. The maximum atomic E-state index is 12.4. The van der Waals surface area contributed by atoms with Gasteiger partial charge in [0, 0.05) is 24.7 Å². The predicted octanol–water partition coefficient (Wildman–Crippen LogP) is 3.71. The Balaban J connectivity index is 1.57. The lowest BCUT2D eigenvalue weighted by molar-refractivity contribution is -0.138. The van der Waals surface area contributed by atoms with Crippen molar-refractivity contribution in [2.75, 3.05) is 34.4 Å². The van der Waals surface area contributed by atoms with Gasteiger partial charge in [-0.05, 0) is 54.3 Å². The summed E-state index contributed by atoms with van der Waals surface area (Å²) in [6.45, 7) is 1.75. The van der Waals surface area contributed by atoms with Crippen LogP contribution in [-0.2, 0) is 16.1 Å². The van der Waals surface area contributed by atoms with Crippen molar-refractivity contribution in [3.63, 3.8) is 0 Å². The minimum atomic E-state index is -0.481. The first-order valence-corrected chi connectivity index (χ1v) is 10.1. The van der Waals surface area contributed by atoms with E-state index < -0.39 is 5.97 Å². The Morgan fingerprint density at radius 3 is 2.10 bits per heavy atom. The molecule has 0 spiro atoms. The quantitative estimate of drug-likeness (QED) is 0.474. The van der Waals surface area contributed by atoms with Gasteiger partial charge in [0.15, 0.2) is 11.5 Å². The lowest BCUT2D eigenvalue weighted by atomic mass is 10.1. The molecule has 1 aliphatic rings. The standard InChI is InChI=1S/C24H27NO6/c1-28-20-14-18(15-21(29-2)23(20)30-3)8-11-22(26)31-16-17-6-9-19(10-7-17)24(27)25-12-4-5-13-25/h6-11,14-15H,4-5,12-13,16H2,1-3H3/b11-8+. The summed E-state index contributed by atoms with van der Waals surface area (Å²) in [7, 11) is 4.59. The van der Waals surface area contributed by atoms with Gasteiger partial charge in [-0.25, -0.2) is 4.79 Å². The van der Waals surface area contributed by atoms with E-state index in [2.05, 4.69) is 0 Å². The Labute approximate surface area is 182 Å². The van der Waals surface area contributed by atoms with E-state index in [1.807, 2.05) is 4.90 Å². The number of rotatable bonds is 8. The monoisotopic (exact) mass is 425 g/mol. The van der Waals surface area contributed by atoms with Crippen LogP contribution in [0.25, 0.3) is 6.08 Å². The van der Waals surface area contributed by atoms with E-state index in [1.165, 1.54) is 27.4 Å². The number of hydrogen-bond donors (Lipinski definition) is 0. The van der Waals surface area contributed by atoms with Gasteiger partial charge in [-0.15, -0.1) is 0 Å². The second-order valence-corrected chi connectivity index (χ2v) is 7.10. The molecule has 0 saturated carbocycles. The van der Waals surface area contributed by atoms with Crippen LogP contribution in [0.1, 0.15) is 34.3 Å². The van der Waals surface area contributed by atoms with Crippen LogP contribution in [0.5, 0.6) is 17.2 Å². The lowest BCUT2D eigenvalue weighted by Gasteiger charge is -2.15. The Kier molecular flexibility index (Phi) is 7.54. The molecule has 0 radical (unpaired) electrons. The molecule has 1 fully saturated rings. The molecule has 0 atom stereocenters. The maximum Gasteiger partial charge on any atom is 0.331 e. The first-order valence-electron chi connectivity index (χ1n) is 10.1. The number of esters is 1. The summed E-state index contributed by atoms with van der Waals surface area (Å²) in [6, 6.07) is 10.6. The summed E-state index contributed by atoms with van der Waals surface area (Å²) in [5.74, 6) is 1.05. The molecule has 3 rings (SSSR count). The van der Waals surface area contributed by atoms with Crippen molar-refractivity contribution < 1.29 is 28.5 Å². The smallest absolute Gasteiger partial charge is 0.331 e. The predicted molar refractivity (Wildman–Crippen MR) is 117 cm³/mol. The zero-order chi connectivity index (χ0) is 22.2. The van der Waals surface area contributed by atoms with Crippen LogP contribution in [0.15, 0.2) is 42.5 Å². The van der Waals surface area contributed by atoms with Gasteiger partial charge in [-0.3, -0.25) is 4.79 Å². The normalized spacial score (nSPS) is 13.3. The maximum absolute atomic E-state index is 12.4. The van der Waals surface area contributed by atoms with Crippen LogP contribution in [0.2, 0.25) is 0 Å². The lowest BCUT2D eigenvalue weighted by Crippen LogP contribution is -2.27. The number of ether oxygens (including phenoxy) is 4. The second-order valence-electron chi connectivity index (χ2n) is 7.10. The highest BCUT2D eigenvalue weighted by atomic mass is 16.5. The third kappa shape index (κ3) is 5.57. The summed E-state index contributed by atoms with van der Waals surface area (Å²) in [5.41, 5.74) is 2.17. The van der Waals surface area contributed by atoms with Gasteiger partial charge in [0.2, 0.25) is 5.75 Å². The largest absolute Gasteiger partial charge is 0.493 e. The SMILES string of the molecule is COc1cc(/C=C/C(=O)OCc2ccc(C(=O)N3CCCC3)cc2)cc(OC)c1OC. The van der Waals surface area contributed by atoms with Crippen molar-refractivity contribution in [3.05, 3.63) is 59.2 Å². The Morgan fingerprint density at radius 2 is 1.55 bits per heavy atom. The van der Waals surface area contributed by atoms with Crippen molar-refractivity contribution in [2.24, 2.45) is 0 Å². The third-order valence-electron chi connectivity index (χ3n) is 5.07. The van der Waals surface area contributed by atoms with Gasteiger partial charge in [-0.1, -0.05) is 12.1 Å². The van der Waals surface area contributed by atoms with E-state index in [1.54, 1.807) is 42.5 Å². The number of carbonyl (C=O) groups is 2. The van der Waals surface area contributed by atoms with Crippen molar-refractivity contribution in [2.45, 2.75) is 19.4 Å². The first-order chi connectivity index (χ1) is 15.0. The summed E-state index contributed by atoms with van der Waals surface area (Å²) >= 11 is 0. The highest BCUT2D eigenvalue weighted by Crippen LogP contribution is 2.38. The molecular formula is C24H27NO6. The van der Waals surface area contributed by atoms with Crippen molar-refractivity contribution in [1.29, 1.82) is 0 Å². The van der Waals surface area contributed by atoms with Crippen LogP contribution in [0.4, 0.5) is 0 Å². The van der Waals surface area contributed by atoms with Crippen LogP contribution in [0.3, 0.4) is 0 Å². The molecule has 2 aromatic rings. The number of carbonyl (C=O) groups excluding carboxylic acids is 2. The molecule has 1 saturated heterocycles. The molecule has 0 aliphatic carbocycles. The minimum absolute atomic E-state index is 0.0503. The molecule has 1 aliphatic heterocycles. The summed E-state index contributed by atoms with van der Waals surface area (Å²) < 4.78 is 21.2. The highest BCUT2D eigenvalue weighted by molar-refractivity contribution is 5.94. The molecular weight excluding hydrogens is 398 g/mol. The van der Waals surface area contributed by atoms with Gasteiger partial charge in [0.1, 0.15) is 6.61 Å². The first kappa shape index (κ1) is 22.2. The Morgan fingerprint density at radius 1 is 0.935 bits per heavy atom. The zero-order valence-electron chi connectivity index (χ0n) is 18.1. The fourth-order valence-corrected chi connectivity index (χ4v) is 3.41. The van der Waals surface area contributed by atoms with Crippen molar-refractivity contribution in [1.82, 2.24) is 4.90 Å². The van der Waals surface area contributed by atoms with E-state index in [0.29, 0.717) is 28.4 Å². The minimum Gasteiger partial charge on any atom is -0.493 e. The molecule has 7 nitrogen and oxygen atoms in total. The molecule has 1 amide bonds. The summed E-state index contributed by atoms with van der Waals surface area (Å²) in [5, 5.41) is 0. The number of nitrogens with zero attached hydrogens (tertiary/aromatic N) is 1. The van der Waals surface area contributed by atoms with Gasteiger partial charge in [-0.2, -0.15) is 0 Å². The van der Waals surface area contributed by atoms with Gasteiger partial charge in [0.05, 0.1) is 21.3 Å². The van der Waals surface area contributed by atoms with E-state index in [9.17, 15) is 9.59 Å². The second kappa shape index (κ2) is 10.5. The third-order valence-corrected chi connectivity index (χ3v) is 5.07. The number of likely N-dealkylation sites (tertiary alicyclic amines) is 1. The summed E-state index contributed by atoms with van der Waals surface area (Å²) in [6.07, 6.45) is 5.07. The van der Waals surface area contributed by atoms with Gasteiger partial charge < -0.3 is 23.8 Å². The Hall–Kier alpha value is -3.48. The number of methoxy groups -OCH3 is 3. The van der Waals surface area contributed by atoms with E-state index >= 15 is 0 Å². The molecule has 31 heavy (non-hydrogen) atoms. The highest BCUT2D eigenvalue weighted by Gasteiger charge is 2.19. The summed E-state index contributed by atoms with van der Waals surface area (Å²) in [4.78, 5) is 26.4. The fraction of sp³-hybridized carbons (Fsp3) is 0.333. The molecule has 7 heteroatoms. The van der Waals surface area contributed by atoms with Crippen molar-refractivity contribution >= 4 is 18.0 Å². The van der Waals surface area contributed by atoms with Crippen molar-refractivity contribution in [3.8, 4) is 17.2 Å². The molecule has 1 heterocycles. The van der Waals surface area contributed by atoms with E-state index in [0.717, 1.165) is 31.5 Å². The fourth-order valence-electron chi connectivity index (χ4n) is 3.41. The van der Waals surface area contributed by atoms with Crippen LogP contribution >= 0.6 is 0 Å². The Bertz CT molecular complexity index is 920. The molecule has 0 aromatic heterocycles. The molecule has 2 aromatic carbocycles. The van der Waals surface area contributed by atoms with Crippen LogP contribution in [-0.4, -0.2) is 51.2 Å². The average Bonchev–Trinajstić information content (AvgIpc) is 3.35. The topological polar surface area (TPSA) is 74.3 Å².